The van der Waals surface area contributed by atoms with Crippen molar-refractivity contribution in [2.24, 2.45) is 29.1 Å². The number of aliphatic carboxylic acids is 1. The van der Waals surface area contributed by atoms with Crippen molar-refractivity contribution in [2.75, 3.05) is 7.11 Å². The molecule has 2 aliphatic rings. The molecule has 5 nitrogen and oxygen atoms in total. The summed E-state index contributed by atoms with van der Waals surface area (Å²) in [5.41, 5.74) is -0.714. The molecule has 0 heterocycles. The normalized spacial score (nSPS) is 30.4. The maximum atomic E-state index is 11.3. The first-order valence-corrected chi connectivity index (χ1v) is 14.6. The van der Waals surface area contributed by atoms with E-state index in [4.69, 9.17) is 4.74 Å². The van der Waals surface area contributed by atoms with E-state index in [0.29, 0.717) is 30.1 Å². The van der Waals surface area contributed by atoms with E-state index in [1.807, 2.05) is 0 Å². The minimum absolute atomic E-state index is 0.0541. The molecule has 0 radical (unpaired) electrons. The van der Waals surface area contributed by atoms with Crippen LogP contribution in [0.2, 0.25) is 0 Å². The second-order valence-electron chi connectivity index (χ2n) is 13.1. The van der Waals surface area contributed by atoms with Gasteiger partial charge < -0.3 is 20.1 Å². The highest BCUT2D eigenvalue weighted by Crippen LogP contribution is 2.40. The molecule has 2 saturated carbocycles. The van der Waals surface area contributed by atoms with Crippen LogP contribution >= 0.6 is 0 Å². The fourth-order valence-electron chi connectivity index (χ4n) is 6.57. The molecule has 3 N–H and O–H groups in total. The van der Waals surface area contributed by atoms with E-state index in [0.717, 1.165) is 83.5 Å². The quantitative estimate of drug-likeness (QED) is 0.213. The summed E-state index contributed by atoms with van der Waals surface area (Å²) in [6.45, 7) is 7.88. The average Bonchev–Trinajstić information content (AvgIpc) is 2.81. The molecule has 6 unspecified atom stereocenters. The highest BCUT2D eigenvalue weighted by molar-refractivity contribution is 5.73. The number of unbranched alkanes of at least 4 members (excludes halogenated alkanes) is 2. The number of rotatable bonds is 15. The van der Waals surface area contributed by atoms with E-state index < -0.39 is 11.4 Å². The first kappa shape index (κ1) is 30.6. The molecule has 0 aromatic heterocycles. The molecule has 0 aromatic rings. The van der Waals surface area contributed by atoms with Crippen LogP contribution in [0.15, 0.2) is 0 Å². The predicted octanol–water partition coefficient (Wildman–Crippen LogP) is 6.98. The summed E-state index contributed by atoms with van der Waals surface area (Å²) in [7, 11) is 1.78. The second-order valence-corrected chi connectivity index (χ2v) is 13.1. The number of hydrogen-bond donors (Lipinski definition) is 3. The molecule has 0 aliphatic heterocycles. The van der Waals surface area contributed by atoms with Crippen LogP contribution in [0.25, 0.3) is 0 Å². The van der Waals surface area contributed by atoms with Crippen LogP contribution < -0.4 is 0 Å². The summed E-state index contributed by atoms with van der Waals surface area (Å²) < 4.78 is 5.53. The molecular formula is C30H56O5. The minimum atomic E-state index is -0.725. The van der Waals surface area contributed by atoms with Gasteiger partial charge in [0.05, 0.1) is 23.2 Å². The Bertz CT molecular complexity index is 616. The number of ether oxygens (including phenoxy) is 1. The Kier molecular flexibility index (Phi) is 12.5. The van der Waals surface area contributed by atoms with Crippen LogP contribution in [0.1, 0.15) is 130 Å². The Balaban J connectivity index is 1.72. The van der Waals surface area contributed by atoms with Crippen molar-refractivity contribution in [2.45, 2.75) is 148 Å². The lowest BCUT2D eigenvalue weighted by molar-refractivity contribution is -0.147. The summed E-state index contributed by atoms with van der Waals surface area (Å²) in [6.07, 6.45) is 16.6. The van der Waals surface area contributed by atoms with Gasteiger partial charge in [-0.25, -0.2) is 0 Å². The molecule has 2 aliphatic carbocycles. The first-order valence-electron chi connectivity index (χ1n) is 14.6. The highest BCUT2D eigenvalue weighted by atomic mass is 16.5. The fourth-order valence-corrected chi connectivity index (χ4v) is 6.57. The van der Waals surface area contributed by atoms with Crippen LogP contribution in [-0.2, 0) is 9.53 Å². The number of aliphatic hydroxyl groups excluding tert-OH is 2. The van der Waals surface area contributed by atoms with E-state index in [-0.39, 0.29) is 17.8 Å². The topological polar surface area (TPSA) is 87.0 Å². The number of methoxy groups -OCH3 is 1. The maximum Gasteiger partial charge on any atom is 0.309 e. The Morgan fingerprint density at radius 1 is 0.714 bits per heavy atom. The molecule has 0 bridgehead atoms. The highest BCUT2D eigenvalue weighted by Gasteiger charge is 2.35. The molecule has 0 saturated heterocycles. The van der Waals surface area contributed by atoms with Gasteiger partial charge in [0, 0.05) is 7.11 Å². The van der Waals surface area contributed by atoms with Gasteiger partial charge in [-0.15, -0.1) is 0 Å². The average molecular weight is 497 g/mol. The molecule has 206 valence electrons. The zero-order chi connectivity index (χ0) is 26.1. The number of carboxylic acid groups (broad SMARTS) is 1. The van der Waals surface area contributed by atoms with Crippen molar-refractivity contribution in [3.8, 4) is 0 Å². The third-order valence-electron chi connectivity index (χ3n) is 9.50. The van der Waals surface area contributed by atoms with E-state index in [2.05, 4.69) is 13.8 Å². The second kappa shape index (κ2) is 14.3. The molecule has 0 spiro atoms. The largest absolute Gasteiger partial charge is 0.481 e. The lowest BCUT2D eigenvalue weighted by Crippen LogP contribution is -2.36. The lowest BCUT2D eigenvalue weighted by Gasteiger charge is -2.38. The fraction of sp³-hybridized carbons (Fsp3) is 0.967. The van der Waals surface area contributed by atoms with Gasteiger partial charge in [-0.2, -0.15) is 0 Å². The van der Waals surface area contributed by atoms with Gasteiger partial charge in [0.25, 0.3) is 0 Å². The summed E-state index contributed by atoms with van der Waals surface area (Å²) in [6, 6.07) is 0. The molecule has 6 atom stereocenters. The first-order chi connectivity index (χ1) is 16.5. The molecule has 0 amide bonds. The van der Waals surface area contributed by atoms with Crippen molar-refractivity contribution < 1.29 is 24.9 Å². The molecule has 2 fully saturated rings. The predicted molar refractivity (Wildman–Crippen MR) is 142 cm³/mol. The number of hydrogen-bond acceptors (Lipinski definition) is 4. The Labute approximate surface area is 215 Å². The van der Waals surface area contributed by atoms with Gasteiger partial charge in [0.2, 0.25) is 0 Å². The van der Waals surface area contributed by atoms with Gasteiger partial charge in [0.1, 0.15) is 0 Å². The van der Waals surface area contributed by atoms with Crippen molar-refractivity contribution in [3.05, 3.63) is 0 Å². The zero-order valence-corrected chi connectivity index (χ0v) is 23.4. The third kappa shape index (κ3) is 9.97. The number of aliphatic hydroxyl groups is 2. The van der Waals surface area contributed by atoms with E-state index >= 15 is 0 Å². The number of carbonyl (C=O) groups is 1. The van der Waals surface area contributed by atoms with Crippen molar-refractivity contribution in [3.63, 3.8) is 0 Å². The van der Waals surface area contributed by atoms with E-state index in [1.165, 1.54) is 12.8 Å². The van der Waals surface area contributed by atoms with Gasteiger partial charge in [-0.3, -0.25) is 4.79 Å². The summed E-state index contributed by atoms with van der Waals surface area (Å²) in [5, 5.41) is 31.5. The van der Waals surface area contributed by atoms with Crippen LogP contribution in [0.3, 0.4) is 0 Å². The monoisotopic (exact) mass is 496 g/mol. The molecule has 35 heavy (non-hydrogen) atoms. The summed E-state index contributed by atoms with van der Waals surface area (Å²) >= 11 is 0. The molecule has 2 rings (SSSR count). The lowest BCUT2D eigenvalue weighted by atomic mass is 9.71. The molecular weight excluding hydrogens is 440 g/mol. The Morgan fingerprint density at radius 3 is 1.51 bits per heavy atom. The van der Waals surface area contributed by atoms with Gasteiger partial charge in [0.15, 0.2) is 0 Å². The minimum Gasteiger partial charge on any atom is -0.481 e. The molecule has 0 aromatic carbocycles. The zero-order valence-electron chi connectivity index (χ0n) is 23.4. The Morgan fingerprint density at radius 2 is 1.11 bits per heavy atom. The van der Waals surface area contributed by atoms with Crippen LogP contribution in [0, 0.1) is 29.1 Å². The smallest absolute Gasteiger partial charge is 0.309 e. The standard InChI is InChI=1S/C30H56O5/c1-29(2,28(33)34)20-8-6-12-22-14-10-16-24(26(22)31)18-19-25-17-11-15-23(27(25)32)13-7-9-21-30(3,4)35-5/h22-27,31-32H,6-21H2,1-5H3,(H,33,34). The third-order valence-corrected chi connectivity index (χ3v) is 9.50. The van der Waals surface area contributed by atoms with Crippen molar-refractivity contribution in [1.29, 1.82) is 0 Å². The van der Waals surface area contributed by atoms with Gasteiger partial charge in [-0.1, -0.05) is 38.5 Å². The summed E-state index contributed by atoms with van der Waals surface area (Å²) in [4.78, 5) is 11.3. The maximum absolute atomic E-state index is 11.3. The number of carboxylic acids is 1. The van der Waals surface area contributed by atoms with E-state index in [9.17, 15) is 20.1 Å². The SMILES string of the molecule is COC(C)(C)CCCCC1CCCC(CCC2CCCC(CCCCC(C)(C)C(=O)O)C2O)C1O. The van der Waals surface area contributed by atoms with Gasteiger partial charge >= 0.3 is 5.97 Å². The van der Waals surface area contributed by atoms with Crippen LogP contribution in [0.4, 0.5) is 0 Å². The van der Waals surface area contributed by atoms with Gasteiger partial charge in [-0.05, 0) is 116 Å². The van der Waals surface area contributed by atoms with Crippen LogP contribution in [-0.4, -0.2) is 46.2 Å². The summed E-state index contributed by atoms with van der Waals surface area (Å²) in [5.74, 6) is 0.793. The van der Waals surface area contributed by atoms with Crippen molar-refractivity contribution >= 4 is 5.97 Å². The Hall–Kier alpha value is -0.650. The van der Waals surface area contributed by atoms with Crippen LogP contribution in [0.5, 0.6) is 0 Å². The van der Waals surface area contributed by atoms with Crippen molar-refractivity contribution in [1.82, 2.24) is 0 Å². The molecule has 5 heteroatoms. The van der Waals surface area contributed by atoms with E-state index in [1.54, 1.807) is 21.0 Å².